The van der Waals surface area contributed by atoms with Crippen molar-refractivity contribution >= 4 is 39.1 Å². The third-order valence-electron chi connectivity index (χ3n) is 2.54. The number of hydrogen-bond acceptors (Lipinski definition) is 3. The summed E-state index contributed by atoms with van der Waals surface area (Å²) in [5.74, 6) is -0.627. The maximum Gasteiger partial charge on any atom is 0.190 e. The number of rotatable bonds is 4. The molecule has 0 saturated heterocycles. The summed E-state index contributed by atoms with van der Waals surface area (Å²) >= 11 is 9.24. The molecule has 1 heterocycles. The minimum Gasteiger partial charge on any atom is -0.340 e. The normalized spacial score (nSPS) is 10.5. The number of carbonyl (C=O) groups is 2. The monoisotopic (exact) mass is 340 g/mol. The Morgan fingerprint density at radius 1 is 1.37 bits per heavy atom. The highest BCUT2D eigenvalue weighted by molar-refractivity contribution is 9.10. The van der Waals surface area contributed by atoms with Crippen LogP contribution in [0.15, 0.2) is 35.2 Å². The van der Waals surface area contributed by atoms with E-state index in [1.165, 1.54) is 6.33 Å². The molecule has 0 amide bonds. The number of ketones is 2. The molecule has 98 valence electrons. The summed E-state index contributed by atoms with van der Waals surface area (Å²) in [6, 6.07) is 4.94. The molecule has 0 aliphatic rings. The fourth-order valence-corrected chi connectivity index (χ4v) is 2.38. The van der Waals surface area contributed by atoms with Crippen LogP contribution in [0.2, 0.25) is 5.02 Å². The quantitative estimate of drug-likeness (QED) is 0.633. The summed E-state index contributed by atoms with van der Waals surface area (Å²) in [5.41, 5.74) is 0.623. The van der Waals surface area contributed by atoms with Gasteiger partial charge >= 0.3 is 0 Å². The zero-order chi connectivity index (χ0) is 14.0. The van der Waals surface area contributed by atoms with Gasteiger partial charge in [-0.05, 0) is 18.2 Å². The SMILES string of the molecule is Cn1cnc(C(=O)CC(=O)c2ccc(Br)cc2Cl)c1. The van der Waals surface area contributed by atoms with Gasteiger partial charge in [0.1, 0.15) is 5.69 Å². The second-order valence-corrected chi connectivity index (χ2v) is 5.39. The van der Waals surface area contributed by atoms with E-state index >= 15 is 0 Å². The molecule has 2 rings (SSSR count). The van der Waals surface area contributed by atoms with E-state index in [4.69, 9.17) is 11.6 Å². The van der Waals surface area contributed by atoms with Gasteiger partial charge in [0.15, 0.2) is 11.6 Å². The van der Waals surface area contributed by atoms with Gasteiger partial charge in [-0.1, -0.05) is 27.5 Å². The van der Waals surface area contributed by atoms with Crippen LogP contribution in [0.1, 0.15) is 27.3 Å². The van der Waals surface area contributed by atoms with Gasteiger partial charge in [-0.15, -0.1) is 0 Å². The van der Waals surface area contributed by atoms with Crippen molar-refractivity contribution in [2.75, 3.05) is 0 Å². The summed E-state index contributed by atoms with van der Waals surface area (Å²) in [4.78, 5) is 27.8. The topological polar surface area (TPSA) is 52.0 Å². The molecule has 0 aliphatic carbocycles. The molecule has 0 unspecified atom stereocenters. The van der Waals surface area contributed by atoms with Crippen LogP contribution in [0.5, 0.6) is 0 Å². The molecule has 1 aromatic carbocycles. The lowest BCUT2D eigenvalue weighted by atomic mass is 10.0. The molecule has 0 saturated carbocycles. The van der Waals surface area contributed by atoms with Crippen molar-refractivity contribution in [3.05, 3.63) is 51.5 Å². The second-order valence-electron chi connectivity index (χ2n) is 4.07. The second kappa shape index (κ2) is 5.67. The average molecular weight is 342 g/mol. The molecular formula is C13H10BrClN2O2. The van der Waals surface area contributed by atoms with E-state index in [2.05, 4.69) is 20.9 Å². The van der Waals surface area contributed by atoms with Gasteiger partial charge in [-0.25, -0.2) is 4.98 Å². The predicted molar refractivity (Wildman–Crippen MR) is 75.6 cm³/mol. The van der Waals surface area contributed by atoms with Crippen molar-refractivity contribution in [2.45, 2.75) is 6.42 Å². The molecule has 0 aliphatic heterocycles. The smallest absolute Gasteiger partial charge is 0.190 e. The number of Topliss-reactive ketones (excluding diaryl/α,β-unsaturated/α-hetero) is 2. The lowest BCUT2D eigenvalue weighted by Gasteiger charge is -2.02. The van der Waals surface area contributed by atoms with Gasteiger partial charge < -0.3 is 4.57 Å². The van der Waals surface area contributed by atoms with Gasteiger partial charge in [0.25, 0.3) is 0 Å². The number of nitrogens with zero attached hydrogens (tertiary/aromatic N) is 2. The highest BCUT2D eigenvalue weighted by atomic mass is 79.9. The Balaban J connectivity index is 2.15. The number of carbonyl (C=O) groups excluding carboxylic acids is 2. The van der Waals surface area contributed by atoms with Gasteiger partial charge in [0, 0.05) is 23.3 Å². The maximum atomic E-state index is 12.0. The molecule has 0 bridgehead atoms. The van der Waals surface area contributed by atoms with Gasteiger partial charge in [-0.3, -0.25) is 9.59 Å². The van der Waals surface area contributed by atoms with Crippen molar-refractivity contribution in [2.24, 2.45) is 7.05 Å². The number of aryl methyl sites for hydroxylation is 1. The van der Waals surface area contributed by atoms with Crippen LogP contribution in [0.3, 0.4) is 0 Å². The van der Waals surface area contributed by atoms with Crippen molar-refractivity contribution in [1.82, 2.24) is 9.55 Å². The van der Waals surface area contributed by atoms with Gasteiger partial charge in [0.05, 0.1) is 17.8 Å². The van der Waals surface area contributed by atoms with Crippen LogP contribution in [-0.4, -0.2) is 21.1 Å². The van der Waals surface area contributed by atoms with E-state index in [-0.39, 0.29) is 23.7 Å². The summed E-state index contributed by atoms with van der Waals surface area (Å²) < 4.78 is 2.44. The zero-order valence-electron chi connectivity index (χ0n) is 10.1. The Bertz CT molecular complexity index is 652. The van der Waals surface area contributed by atoms with Crippen molar-refractivity contribution < 1.29 is 9.59 Å². The van der Waals surface area contributed by atoms with Crippen LogP contribution in [-0.2, 0) is 7.05 Å². The van der Waals surface area contributed by atoms with Gasteiger partial charge in [0.2, 0.25) is 0 Å². The minimum atomic E-state index is -0.315. The van der Waals surface area contributed by atoms with Crippen LogP contribution >= 0.6 is 27.5 Å². The van der Waals surface area contributed by atoms with E-state index in [0.29, 0.717) is 10.6 Å². The highest BCUT2D eigenvalue weighted by Gasteiger charge is 2.17. The van der Waals surface area contributed by atoms with E-state index in [1.807, 2.05) is 0 Å². The number of halogens is 2. The molecule has 0 atom stereocenters. The first kappa shape index (κ1) is 14.0. The standard InChI is InChI=1S/C13H10BrClN2O2/c1-17-6-11(16-7-17)13(19)5-12(18)9-3-2-8(14)4-10(9)15/h2-4,6-7H,5H2,1H3. The lowest BCUT2D eigenvalue weighted by molar-refractivity contribution is 0.0892. The Hall–Kier alpha value is -1.46. The Morgan fingerprint density at radius 3 is 2.68 bits per heavy atom. The average Bonchev–Trinajstić information content (AvgIpc) is 2.75. The van der Waals surface area contributed by atoms with Crippen LogP contribution < -0.4 is 0 Å². The van der Waals surface area contributed by atoms with E-state index in [1.54, 1.807) is 36.0 Å². The Labute approximate surface area is 123 Å². The molecule has 0 radical (unpaired) electrons. The maximum absolute atomic E-state index is 12.0. The first-order chi connectivity index (χ1) is 8.97. The predicted octanol–water partition coefficient (Wildman–Crippen LogP) is 3.29. The highest BCUT2D eigenvalue weighted by Crippen LogP contribution is 2.22. The van der Waals surface area contributed by atoms with Crippen LogP contribution in [0, 0.1) is 0 Å². The first-order valence-electron chi connectivity index (χ1n) is 5.47. The van der Waals surface area contributed by atoms with Crippen LogP contribution in [0.25, 0.3) is 0 Å². The molecule has 0 N–H and O–H groups in total. The lowest BCUT2D eigenvalue weighted by Crippen LogP contribution is -2.09. The molecule has 6 heteroatoms. The third kappa shape index (κ3) is 3.30. The Morgan fingerprint density at radius 2 is 2.11 bits per heavy atom. The van der Waals surface area contributed by atoms with Crippen LogP contribution in [0.4, 0.5) is 0 Å². The Kier molecular flexibility index (Phi) is 4.17. The number of benzene rings is 1. The fourth-order valence-electron chi connectivity index (χ4n) is 1.60. The fraction of sp³-hybridized carbons (Fsp3) is 0.154. The molecule has 19 heavy (non-hydrogen) atoms. The third-order valence-corrected chi connectivity index (χ3v) is 3.35. The summed E-state index contributed by atoms with van der Waals surface area (Å²) in [6.45, 7) is 0. The van der Waals surface area contributed by atoms with E-state index < -0.39 is 0 Å². The molecular weight excluding hydrogens is 332 g/mol. The summed E-state index contributed by atoms with van der Waals surface area (Å²) in [5, 5.41) is 0.327. The van der Waals surface area contributed by atoms with E-state index in [0.717, 1.165) is 4.47 Å². The molecule has 2 aromatic rings. The van der Waals surface area contributed by atoms with Crippen molar-refractivity contribution in [3.63, 3.8) is 0 Å². The summed E-state index contributed by atoms with van der Waals surface area (Å²) in [7, 11) is 1.76. The zero-order valence-corrected chi connectivity index (χ0v) is 12.4. The molecule has 1 aromatic heterocycles. The number of aromatic nitrogens is 2. The van der Waals surface area contributed by atoms with Crippen molar-refractivity contribution in [3.8, 4) is 0 Å². The summed E-state index contributed by atoms with van der Waals surface area (Å²) in [6.07, 6.45) is 2.86. The molecule has 0 spiro atoms. The number of hydrogen-bond donors (Lipinski definition) is 0. The largest absolute Gasteiger partial charge is 0.340 e. The first-order valence-corrected chi connectivity index (χ1v) is 6.64. The van der Waals surface area contributed by atoms with Crippen molar-refractivity contribution in [1.29, 1.82) is 0 Å². The number of imidazole rings is 1. The molecule has 4 nitrogen and oxygen atoms in total. The van der Waals surface area contributed by atoms with Gasteiger partial charge in [-0.2, -0.15) is 0 Å². The molecule has 0 fully saturated rings. The van der Waals surface area contributed by atoms with E-state index in [9.17, 15) is 9.59 Å². The minimum absolute atomic E-state index is 0.238.